The predicted molar refractivity (Wildman–Crippen MR) is 114 cm³/mol. The molecule has 1 aromatic rings. The maximum atomic E-state index is 12.5. The lowest BCUT2D eigenvalue weighted by Crippen LogP contribution is -2.55. The molecular formula is C20H34O8SSi. The molecule has 4 atom stereocenters. The van der Waals surface area contributed by atoms with E-state index in [-0.39, 0.29) is 16.5 Å². The van der Waals surface area contributed by atoms with Crippen LogP contribution in [0.5, 0.6) is 0 Å². The van der Waals surface area contributed by atoms with Crippen molar-refractivity contribution in [3.63, 3.8) is 0 Å². The molecule has 8 nitrogen and oxygen atoms in total. The van der Waals surface area contributed by atoms with E-state index >= 15 is 0 Å². The maximum absolute atomic E-state index is 12.5. The Bertz CT molecular complexity index is 818. The zero-order chi connectivity index (χ0) is 23.0. The first-order valence-electron chi connectivity index (χ1n) is 9.83. The molecule has 1 aromatic carbocycles. The fourth-order valence-electron chi connectivity index (χ4n) is 2.77. The minimum absolute atomic E-state index is 0.0299. The maximum Gasteiger partial charge on any atom is 0.297 e. The van der Waals surface area contributed by atoms with Gasteiger partial charge >= 0.3 is 0 Å². The molecule has 0 saturated carbocycles. The van der Waals surface area contributed by atoms with Crippen LogP contribution < -0.4 is 0 Å². The first-order valence-corrected chi connectivity index (χ1v) is 14.1. The van der Waals surface area contributed by atoms with Crippen LogP contribution in [0, 0.1) is 6.92 Å². The van der Waals surface area contributed by atoms with Crippen LogP contribution in [0.4, 0.5) is 0 Å². The zero-order valence-corrected chi connectivity index (χ0v) is 20.5. The molecule has 0 aromatic heterocycles. The second-order valence-electron chi connectivity index (χ2n) is 9.27. The Morgan fingerprint density at radius 3 is 2.27 bits per heavy atom. The molecule has 0 unspecified atom stereocenters. The molecular weight excluding hydrogens is 428 g/mol. The van der Waals surface area contributed by atoms with Gasteiger partial charge in [-0.15, -0.1) is 0 Å². The summed E-state index contributed by atoms with van der Waals surface area (Å²) in [6.07, 6.45) is -3.67. The second-order valence-corrected chi connectivity index (χ2v) is 15.7. The summed E-state index contributed by atoms with van der Waals surface area (Å²) in [7, 11) is -4.99. The number of benzene rings is 1. The number of aryl methyl sites for hydroxylation is 1. The average Bonchev–Trinajstić information content (AvgIpc) is 2.89. The minimum atomic E-state index is -4.14. The molecule has 0 radical (unpaired) electrons. The van der Waals surface area contributed by atoms with Gasteiger partial charge in [-0.1, -0.05) is 38.5 Å². The van der Waals surface area contributed by atoms with Gasteiger partial charge in [-0.25, -0.2) is 0 Å². The lowest BCUT2D eigenvalue weighted by Gasteiger charge is -2.38. The highest BCUT2D eigenvalue weighted by atomic mass is 32.2. The Morgan fingerprint density at radius 2 is 1.77 bits per heavy atom. The quantitative estimate of drug-likeness (QED) is 0.447. The summed E-state index contributed by atoms with van der Waals surface area (Å²) >= 11 is 0. The Kier molecular flexibility index (Phi) is 7.58. The van der Waals surface area contributed by atoms with Crippen molar-refractivity contribution in [2.75, 3.05) is 20.3 Å². The van der Waals surface area contributed by atoms with Gasteiger partial charge in [0.1, 0.15) is 24.4 Å². The van der Waals surface area contributed by atoms with Crippen LogP contribution in [0.25, 0.3) is 0 Å². The van der Waals surface area contributed by atoms with Crippen molar-refractivity contribution in [2.24, 2.45) is 0 Å². The van der Waals surface area contributed by atoms with E-state index < -0.39 is 49.1 Å². The molecule has 2 N–H and O–H groups in total. The van der Waals surface area contributed by atoms with E-state index in [4.69, 9.17) is 18.1 Å². The van der Waals surface area contributed by atoms with E-state index in [0.29, 0.717) is 0 Å². The Labute approximate surface area is 180 Å². The Balaban J connectivity index is 2.19. The van der Waals surface area contributed by atoms with Gasteiger partial charge in [0.05, 0.1) is 11.5 Å². The van der Waals surface area contributed by atoms with Crippen molar-refractivity contribution in [3.8, 4) is 0 Å². The molecule has 0 spiro atoms. The van der Waals surface area contributed by atoms with Crippen molar-refractivity contribution in [3.05, 3.63) is 29.8 Å². The number of aliphatic hydroxyl groups is 2. The summed E-state index contributed by atoms with van der Waals surface area (Å²) in [5, 5.41) is 21.6. The number of methoxy groups -OCH3 is 1. The van der Waals surface area contributed by atoms with Crippen molar-refractivity contribution in [1.29, 1.82) is 0 Å². The molecule has 1 heterocycles. The van der Waals surface area contributed by atoms with E-state index in [1.165, 1.54) is 19.2 Å². The van der Waals surface area contributed by atoms with E-state index in [9.17, 15) is 18.6 Å². The topological polar surface area (TPSA) is 112 Å². The fraction of sp³-hybridized carbons (Fsp3) is 0.700. The van der Waals surface area contributed by atoms with Gasteiger partial charge < -0.3 is 24.1 Å². The van der Waals surface area contributed by atoms with Crippen LogP contribution in [-0.2, 0) is 28.2 Å². The molecule has 2 rings (SSSR count). The number of hydrogen-bond acceptors (Lipinski definition) is 8. The third kappa shape index (κ3) is 5.31. The first-order chi connectivity index (χ1) is 13.6. The Morgan fingerprint density at radius 1 is 1.20 bits per heavy atom. The molecule has 1 saturated heterocycles. The molecule has 1 aliphatic heterocycles. The molecule has 1 fully saturated rings. The van der Waals surface area contributed by atoms with Crippen LogP contribution in [-0.4, -0.2) is 71.4 Å². The predicted octanol–water partition coefficient (Wildman–Crippen LogP) is 2.19. The van der Waals surface area contributed by atoms with Gasteiger partial charge in [0, 0.05) is 7.11 Å². The summed E-state index contributed by atoms with van der Waals surface area (Å²) in [4.78, 5) is -0.0394. The molecule has 0 amide bonds. The highest BCUT2D eigenvalue weighted by molar-refractivity contribution is 7.86. The van der Waals surface area contributed by atoms with Gasteiger partial charge in [-0.05, 0) is 37.2 Å². The summed E-state index contributed by atoms with van der Waals surface area (Å²) in [5.41, 5.74) is -1.13. The molecule has 172 valence electrons. The summed E-state index contributed by atoms with van der Waals surface area (Å²) in [6, 6.07) is 6.14. The summed E-state index contributed by atoms with van der Waals surface area (Å²) in [6.45, 7) is 11.4. The number of hydrogen-bond donors (Lipinski definition) is 2. The van der Waals surface area contributed by atoms with Crippen molar-refractivity contribution in [2.45, 2.75) is 74.8 Å². The van der Waals surface area contributed by atoms with E-state index in [1.54, 1.807) is 12.1 Å². The van der Waals surface area contributed by atoms with Gasteiger partial charge in [0.2, 0.25) is 0 Å². The monoisotopic (exact) mass is 462 g/mol. The highest BCUT2D eigenvalue weighted by Gasteiger charge is 2.57. The summed E-state index contributed by atoms with van der Waals surface area (Å²) in [5.74, 6) is 0. The van der Waals surface area contributed by atoms with Crippen molar-refractivity contribution < 1.29 is 36.7 Å². The first kappa shape index (κ1) is 25.4. The SMILES string of the molecule is CO[C@H]1O[C@H](CO[Si](C)(C)C(C)(C)C)[C@](O)(COS(=O)(=O)c2ccc(C)cc2)[C@@H]1O. The number of aliphatic hydroxyl groups excluding tert-OH is 1. The number of rotatable bonds is 8. The average molecular weight is 463 g/mol. The highest BCUT2D eigenvalue weighted by Crippen LogP contribution is 2.39. The lowest BCUT2D eigenvalue weighted by atomic mass is 9.94. The van der Waals surface area contributed by atoms with Crippen LogP contribution in [0.15, 0.2) is 29.2 Å². The lowest BCUT2D eigenvalue weighted by molar-refractivity contribution is -0.152. The van der Waals surface area contributed by atoms with Gasteiger partial charge in [-0.3, -0.25) is 4.18 Å². The third-order valence-corrected chi connectivity index (χ3v) is 11.8. The number of ether oxygens (including phenoxy) is 2. The normalized spacial score (nSPS) is 28.1. The van der Waals surface area contributed by atoms with Crippen molar-refractivity contribution in [1.82, 2.24) is 0 Å². The van der Waals surface area contributed by atoms with Crippen LogP contribution in [0.3, 0.4) is 0 Å². The molecule has 1 aliphatic rings. The van der Waals surface area contributed by atoms with Crippen LogP contribution in [0.1, 0.15) is 26.3 Å². The standard InChI is InChI=1S/C20H34O8SSi/c1-14-8-10-15(11-9-14)29(23,24)26-13-20(22)16(28-18(25-5)17(20)21)12-27-30(6,7)19(2,3)4/h8-11,16-18,21-22H,12-13H2,1-7H3/t16-,17-,18+,20-/m1/s1. The van der Waals surface area contributed by atoms with Crippen LogP contribution >= 0.6 is 0 Å². The van der Waals surface area contributed by atoms with E-state index in [2.05, 4.69) is 20.8 Å². The smallest absolute Gasteiger partial charge is 0.297 e. The minimum Gasteiger partial charge on any atom is -0.414 e. The Hall–Kier alpha value is -0.853. The molecule has 10 heteroatoms. The molecule has 0 bridgehead atoms. The molecule has 30 heavy (non-hydrogen) atoms. The third-order valence-electron chi connectivity index (χ3n) is 6.01. The van der Waals surface area contributed by atoms with Crippen LogP contribution in [0.2, 0.25) is 18.1 Å². The van der Waals surface area contributed by atoms with E-state index in [0.717, 1.165) is 5.56 Å². The molecule has 0 aliphatic carbocycles. The van der Waals surface area contributed by atoms with E-state index in [1.807, 2.05) is 20.0 Å². The fourth-order valence-corrected chi connectivity index (χ4v) is 4.72. The zero-order valence-electron chi connectivity index (χ0n) is 18.7. The van der Waals surface area contributed by atoms with Gasteiger partial charge in [0.25, 0.3) is 10.1 Å². The van der Waals surface area contributed by atoms with Gasteiger partial charge in [0.15, 0.2) is 14.6 Å². The second kappa shape index (κ2) is 8.95. The van der Waals surface area contributed by atoms with Gasteiger partial charge in [-0.2, -0.15) is 8.42 Å². The largest absolute Gasteiger partial charge is 0.414 e. The van der Waals surface area contributed by atoms with Crippen molar-refractivity contribution >= 4 is 18.4 Å². The summed E-state index contributed by atoms with van der Waals surface area (Å²) < 4.78 is 47.1.